The number of nitrogens with one attached hydrogen (secondary N) is 1. The van der Waals surface area contributed by atoms with Crippen molar-refractivity contribution in [2.75, 3.05) is 18.5 Å². The Hall–Kier alpha value is -1.43. The van der Waals surface area contributed by atoms with E-state index in [1.165, 1.54) is 6.07 Å². The van der Waals surface area contributed by atoms with Gasteiger partial charge in [-0.1, -0.05) is 0 Å². The van der Waals surface area contributed by atoms with E-state index in [0.717, 1.165) is 12.1 Å². The van der Waals surface area contributed by atoms with Gasteiger partial charge in [0.2, 0.25) is 6.29 Å². The van der Waals surface area contributed by atoms with E-state index >= 15 is 0 Å². The van der Waals surface area contributed by atoms with Crippen LogP contribution in [-0.4, -0.2) is 19.4 Å². The maximum absolute atomic E-state index is 12.5. The van der Waals surface area contributed by atoms with Gasteiger partial charge in [0.15, 0.2) is 0 Å². The molecule has 1 N–H and O–H groups in total. The lowest BCUT2D eigenvalue weighted by molar-refractivity contribution is -0.137. The minimum atomic E-state index is -4.34. The molecule has 1 aromatic carbocycles. The van der Waals surface area contributed by atoms with Gasteiger partial charge in [0.05, 0.1) is 17.8 Å². The molecule has 0 spiro atoms. The van der Waals surface area contributed by atoms with E-state index < -0.39 is 18.0 Å². The summed E-state index contributed by atoms with van der Waals surface area (Å²) in [7, 11) is 0. The highest BCUT2D eigenvalue weighted by Gasteiger charge is 2.32. The van der Waals surface area contributed by atoms with Gasteiger partial charge in [-0.3, -0.25) is 0 Å². The highest BCUT2D eigenvalue weighted by atomic mass is 19.4. The number of hydrogen-bond donors (Lipinski definition) is 1. The van der Waals surface area contributed by atoms with Crippen LogP contribution < -0.4 is 10.1 Å². The van der Waals surface area contributed by atoms with E-state index in [0.29, 0.717) is 24.6 Å². The van der Waals surface area contributed by atoms with Crippen LogP contribution in [0.2, 0.25) is 0 Å². The summed E-state index contributed by atoms with van der Waals surface area (Å²) in [5.74, 6) is 0.378. The highest BCUT2D eigenvalue weighted by Crippen LogP contribution is 2.36. The van der Waals surface area contributed by atoms with Gasteiger partial charge in [0, 0.05) is 6.61 Å². The topological polar surface area (TPSA) is 30.5 Å². The van der Waals surface area contributed by atoms with Crippen LogP contribution in [0.1, 0.15) is 12.5 Å². The molecule has 0 amide bonds. The second kappa shape index (κ2) is 4.44. The van der Waals surface area contributed by atoms with Gasteiger partial charge < -0.3 is 14.8 Å². The average Bonchev–Trinajstić information content (AvgIpc) is 2.27. The maximum atomic E-state index is 12.5. The van der Waals surface area contributed by atoms with Crippen LogP contribution >= 0.6 is 0 Å². The summed E-state index contributed by atoms with van der Waals surface area (Å²) in [5, 5.41) is 2.86. The smallest absolute Gasteiger partial charge is 0.416 e. The van der Waals surface area contributed by atoms with Gasteiger partial charge in [0.1, 0.15) is 5.75 Å². The fourth-order valence-electron chi connectivity index (χ4n) is 1.60. The summed E-state index contributed by atoms with van der Waals surface area (Å²) in [6.07, 6.45) is -4.79. The monoisotopic (exact) mass is 247 g/mol. The van der Waals surface area contributed by atoms with Crippen molar-refractivity contribution in [1.29, 1.82) is 0 Å². The number of halogens is 3. The summed E-state index contributed by atoms with van der Waals surface area (Å²) in [6, 6.07) is 3.34. The van der Waals surface area contributed by atoms with Crippen LogP contribution in [0.5, 0.6) is 5.75 Å². The van der Waals surface area contributed by atoms with Gasteiger partial charge in [-0.25, -0.2) is 0 Å². The van der Waals surface area contributed by atoms with Crippen LogP contribution in [0.4, 0.5) is 18.9 Å². The molecule has 3 nitrogen and oxygen atoms in total. The Morgan fingerprint density at radius 2 is 2.24 bits per heavy atom. The third-order valence-corrected chi connectivity index (χ3v) is 2.38. The van der Waals surface area contributed by atoms with Crippen molar-refractivity contribution >= 4 is 5.69 Å². The van der Waals surface area contributed by atoms with E-state index in [9.17, 15) is 13.2 Å². The van der Waals surface area contributed by atoms with Crippen molar-refractivity contribution in [3.8, 4) is 5.75 Å². The second-order valence-electron chi connectivity index (χ2n) is 3.59. The van der Waals surface area contributed by atoms with Gasteiger partial charge in [-0.15, -0.1) is 0 Å². The molecule has 0 bridgehead atoms. The average molecular weight is 247 g/mol. The van der Waals surface area contributed by atoms with Crippen molar-refractivity contribution in [3.05, 3.63) is 23.8 Å². The lowest BCUT2D eigenvalue weighted by Crippen LogP contribution is -2.33. The molecule has 1 heterocycles. The molecule has 94 valence electrons. The largest absolute Gasteiger partial charge is 0.461 e. The SMILES string of the molecule is CCOC1CNc2cc(C(F)(F)F)ccc2O1. The number of alkyl halides is 3. The van der Waals surface area contributed by atoms with Crippen molar-refractivity contribution in [2.45, 2.75) is 19.4 Å². The Balaban J connectivity index is 2.20. The van der Waals surface area contributed by atoms with Crippen LogP contribution in [0.15, 0.2) is 18.2 Å². The number of hydrogen-bond acceptors (Lipinski definition) is 3. The molecule has 6 heteroatoms. The first kappa shape index (κ1) is 12.0. The third kappa shape index (κ3) is 2.63. The molecule has 1 aromatic rings. The van der Waals surface area contributed by atoms with E-state index in [1.807, 2.05) is 6.92 Å². The predicted molar refractivity (Wildman–Crippen MR) is 56.0 cm³/mol. The molecule has 0 aliphatic carbocycles. The standard InChI is InChI=1S/C11H12F3NO2/c1-2-16-10-6-15-8-5-7(11(12,13)14)3-4-9(8)17-10/h3-5,10,15H,2,6H2,1H3. The molecule has 1 aliphatic heterocycles. The van der Waals surface area contributed by atoms with E-state index in [-0.39, 0.29) is 0 Å². The van der Waals surface area contributed by atoms with Crippen LogP contribution in [0.3, 0.4) is 0 Å². The van der Waals surface area contributed by atoms with Gasteiger partial charge in [-0.05, 0) is 25.1 Å². The zero-order chi connectivity index (χ0) is 12.5. The first-order valence-electron chi connectivity index (χ1n) is 5.24. The summed E-state index contributed by atoms with van der Waals surface area (Å²) >= 11 is 0. The van der Waals surface area contributed by atoms with Crippen molar-refractivity contribution in [2.24, 2.45) is 0 Å². The number of ether oxygens (including phenoxy) is 2. The van der Waals surface area contributed by atoms with Gasteiger partial charge >= 0.3 is 6.18 Å². The van der Waals surface area contributed by atoms with E-state index in [4.69, 9.17) is 9.47 Å². The first-order valence-corrected chi connectivity index (χ1v) is 5.24. The third-order valence-electron chi connectivity index (χ3n) is 2.38. The normalized spacial score (nSPS) is 19.2. The molecular formula is C11H12F3NO2. The molecular weight excluding hydrogens is 235 g/mol. The Labute approximate surface area is 96.5 Å². The summed E-state index contributed by atoms with van der Waals surface area (Å²) in [6.45, 7) is 2.65. The first-order chi connectivity index (χ1) is 8.00. The Bertz CT molecular complexity index is 406. The molecule has 1 aliphatic rings. The van der Waals surface area contributed by atoms with E-state index in [1.54, 1.807) is 0 Å². The molecule has 2 rings (SSSR count). The summed E-state index contributed by atoms with van der Waals surface area (Å²) in [4.78, 5) is 0. The van der Waals surface area contributed by atoms with Crippen LogP contribution in [-0.2, 0) is 10.9 Å². The lowest BCUT2D eigenvalue weighted by atomic mass is 10.1. The molecule has 1 unspecified atom stereocenters. The number of benzene rings is 1. The zero-order valence-electron chi connectivity index (χ0n) is 9.17. The minimum absolute atomic E-state index is 0.335. The number of fused-ring (bicyclic) bond motifs is 1. The molecule has 17 heavy (non-hydrogen) atoms. The molecule has 0 saturated carbocycles. The number of anilines is 1. The minimum Gasteiger partial charge on any atom is -0.461 e. The molecule has 0 saturated heterocycles. The van der Waals surface area contributed by atoms with Crippen molar-refractivity contribution in [1.82, 2.24) is 0 Å². The van der Waals surface area contributed by atoms with Crippen molar-refractivity contribution < 1.29 is 22.6 Å². The van der Waals surface area contributed by atoms with E-state index in [2.05, 4.69) is 5.32 Å². The Kier molecular flexibility index (Phi) is 3.15. The molecule has 1 atom stereocenters. The lowest BCUT2D eigenvalue weighted by Gasteiger charge is -2.27. The second-order valence-corrected chi connectivity index (χ2v) is 3.59. The van der Waals surface area contributed by atoms with Crippen LogP contribution in [0.25, 0.3) is 0 Å². The zero-order valence-corrected chi connectivity index (χ0v) is 9.17. The van der Waals surface area contributed by atoms with Crippen LogP contribution in [0, 0.1) is 0 Å². The highest BCUT2D eigenvalue weighted by molar-refractivity contribution is 5.59. The Morgan fingerprint density at radius 1 is 1.47 bits per heavy atom. The van der Waals surface area contributed by atoms with Gasteiger partial charge in [-0.2, -0.15) is 13.2 Å². The fraction of sp³-hybridized carbons (Fsp3) is 0.455. The molecule has 0 fully saturated rings. The van der Waals surface area contributed by atoms with Crippen molar-refractivity contribution in [3.63, 3.8) is 0 Å². The molecule has 0 radical (unpaired) electrons. The fourth-order valence-corrected chi connectivity index (χ4v) is 1.60. The molecule has 0 aromatic heterocycles. The number of rotatable bonds is 2. The quantitative estimate of drug-likeness (QED) is 0.871. The Morgan fingerprint density at radius 3 is 2.88 bits per heavy atom. The van der Waals surface area contributed by atoms with Gasteiger partial charge in [0.25, 0.3) is 0 Å². The summed E-state index contributed by atoms with van der Waals surface area (Å²) in [5.41, 5.74) is -0.349. The predicted octanol–water partition coefficient (Wildman–Crippen LogP) is 2.87. The summed E-state index contributed by atoms with van der Waals surface area (Å²) < 4.78 is 48.0. The maximum Gasteiger partial charge on any atom is 0.416 e.